The van der Waals surface area contributed by atoms with Crippen LogP contribution in [0.2, 0.25) is 0 Å². The van der Waals surface area contributed by atoms with Crippen LogP contribution in [0, 0.1) is 0 Å². The van der Waals surface area contributed by atoms with Crippen molar-refractivity contribution < 1.29 is 15.1 Å². The predicted molar refractivity (Wildman–Crippen MR) is 63.9 cm³/mol. The van der Waals surface area contributed by atoms with Gasteiger partial charge in [0.25, 0.3) is 0 Å². The summed E-state index contributed by atoms with van der Waals surface area (Å²) in [4.78, 5) is 0. The average Bonchev–Trinajstić information content (AvgIpc) is 2.30. The van der Waals surface area contributed by atoms with Gasteiger partial charge in [-0.25, -0.2) is 0 Å². The van der Waals surface area contributed by atoms with Crippen LogP contribution in [0.4, 0.5) is 0 Å². The fourth-order valence-electron chi connectivity index (χ4n) is 1.13. The number of aliphatic hydroxyl groups excluding tert-OH is 1. The number of ether oxygens (including phenoxy) is 1. The number of benzene rings is 1. The van der Waals surface area contributed by atoms with E-state index in [0.717, 1.165) is 4.47 Å². The third-order valence-corrected chi connectivity index (χ3v) is 2.38. The first-order valence-corrected chi connectivity index (χ1v) is 5.49. The van der Waals surface area contributed by atoms with Crippen molar-refractivity contribution in [3.8, 4) is 5.75 Å². The molecule has 16 heavy (non-hydrogen) atoms. The van der Waals surface area contributed by atoms with Gasteiger partial charge in [-0.05, 0) is 18.2 Å². The summed E-state index contributed by atoms with van der Waals surface area (Å²) >= 11 is 3.29. The number of amidine groups is 1. The third kappa shape index (κ3) is 3.39. The summed E-state index contributed by atoms with van der Waals surface area (Å²) in [6.45, 7) is 0.444. The molecule has 1 aromatic rings. The second-order valence-corrected chi connectivity index (χ2v) is 3.97. The maximum Gasteiger partial charge on any atom is 0.173 e. The number of rotatable bonds is 5. The van der Waals surface area contributed by atoms with Crippen LogP contribution in [0.3, 0.4) is 0 Å². The Morgan fingerprint density at radius 2 is 2.25 bits per heavy atom. The van der Waals surface area contributed by atoms with E-state index in [1.807, 2.05) is 0 Å². The Kier molecular flexibility index (Phi) is 5.07. The van der Waals surface area contributed by atoms with Gasteiger partial charge in [-0.2, -0.15) is 0 Å². The van der Waals surface area contributed by atoms with Gasteiger partial charge in [-0.1, -0.05) is 21.1 Å². The minimum atomic E-state index is -0.0136. The molecule has 5 nitrogen and oxygen atoms in total. The molecule has 0 aromatic heterocycles. The Morgan fingerprint density at radius 3 is 2.88 bits per heavy atom. The van der Waals surface area contributed by atoms with Crippen LogP contribution in [-0.4, -0.2) is 29.4 Å². The van der Waals surface area contributed by atoms with Gasteiger partial charge in [0.05, 0.1) is 12.2 Å². The highest BCUT2D eigenvalue weighted by atomic mass is 79.9. The fraction of sp³-hybridized carbons (Fsp3) is 0.300. The van der Waals surface area contributed by atoms with E-state index >= 15 is 0 Å². The molecule has 4 N–H and O–H groups in total. The average molecular weight is 289 g/mol. The van der Waals surface area contributed by atoms with Crippen molar-refractivity contribution in [3.05, 3.63) is 28.2 Å². The van der Waals surface area contributed by atoms with Gasteiger partial charge in [0.2, 0.25) is 0 Å². The number of hydrogen-bond acceptors (Lipinski definition) is 4. The van der Waals surface area contributed by atoms with E-state index in [1.165, 1.54) is 0 Å². The van der Waals surface area contributed by atoms with Crippen LogP contribution < -0.4 is 10.5 Å². The molecule has 0 radical (unpaired) electrons. The van der Waals surface area contributed by atoms with Crippen LogP contribution in [0.15, 0.2) is 27.8 Å². The molecule has 0 unspecified atom stereocenters. The molecule has 0 aliphatic rings. The smallest absolute Gasteiger partial charge is 0.173 e. The number of aliphatic hydroxyl groups is 1. The van der Waals surface area contributed by atoms with Crippen LogP contribution in [0.1, 0.15) is 12.0 Å². The summed E-state index contributed by atoms with van der Waals surface area (Å²) in [7, 11) is 0. The fourth-order valence-corrected chi connectivity index (χ4v) is 1.49. The Morgan fingerprint density at radius 1 is 1.50 bits per heavy atom. The molecule has 0 aliphatic carbocycles. The van der Waals surface area contributed by atoms with Crippen LogP contribution in [0.5, 0.6) is 5.75 Å². The molecular weight excluding hydrogens is 276 g/mol. The topological polar surface area (TPSA) is 88.1 Å². The monoisotopic (exact) mass is 288 g/mol. The molecule has 1 aromatic carbocycles. The standard InChI is InChI=1S/C10H13BrN2O3/c11-7-2-3-9(16-5-1-4-14)8(6-7)10(12)13-15/h2-3,6,14-15H,1,4-5H2,(H2,12,13). The first-order valence-electron chi connectivity index (χ1n) is 4.70. The molecule has 88 valence electrons. The normalized spacial score (nSPS) is 11.5. The molecule has 0 bridgehead atoms. The minimum absolute atomic E-state index is 0.0136. The number of halogens is 1. The molecule has 6 heteroatoms. The van der Waals surface area contributed by atoms with Crippen molar-refractivity contribution in [1.29, 1.82) is 0 Å². The lowest BCUT2D eigenvalue weighted by molar-refractivity contribution is 0.233. The highest BCUT2D eigenvalue weighted by molar-refractivity contribution is 9.10. The predicted octanol–water partition coefficient (Wildman–Crippen LogP) is 1.30. The molecular formula is C10H13BrN2O3. The van der Waals surface area contributed by atoms with Crippen LogP contribution in [0.25, 0.3) is 0 Å². The lowest BCUT2D eigenvalue weighted by Gasteiger charge is -2.10. The van der Waals surface area contributed by atoms with Crippen molar-refractivity contribution in [3.63, 3.8) is 0 Å². The second kappa shape index (κ2) is 6.34. The minimum Gasteiger partial charge on any atom is -0.493 e. The Balaban J connectivity index is 2.89. The number of nitrogens with two attached hydrogens (primary N) is 1. The van der Waals surface area contributed by atoms with Crippen molar-refractivity contribution in [2.24, 2.45) is 10.9 Å². The molecule has 0 spiro atoms. The molecule has 0 saturated carbocycles. The maximum absolute atomic E-state index is 8.64. The molecule has 1 rings (SSSR count). The van der Waals surface area contributed by atoms with E-state index in [-0.39, 0.29) is 12.4 Å². The zero-order chi connectivity index (χ0) is 12.0. The van der Waals surface area contributed by atoms with Gasteiger partial charge >= 0.3 is 0 Å². The summed E-state index contributed by atoms with van der Waals surface area (Å²) in [5.41, 5.74) is 6.03. The van der Waals surface area contributed by atoms with E-state index in [2.05, 4.69) is 21.1 Å². The van der Waals surface area contributed by atoms with Gasteiger partial charge in [0.15, 0.2) is 5.84 Å². The molecule has 0 amide bonds. The van der Waals surface area contributed by atoms with Gasteiger partial charge in [0.1, 0.15) is 5.75 Å². The zero-order valence-electron chi connectivity index (χ0n) is 8.56. The SMILES string of the molecule is N/C(=N/O)c1cc(Br)ccc1OCCCO. The summed E-state index contributed by atoms with van der Waals surface area (Å²) in [6, 6.07) is 5.21. The van der Waals surface area contributed by atoms with E-state index < -0.39 is 0 Å². The number of hydrogen-bond donors (Lipinski definition) is 3. The van der Waals surface area contributed by atoms with Crippen molar-refractivity contribution in [1.82, 2.24) is 0 Å². The summed E-state index contributed by atoms with van der Waals surface area (Å²) in [6.07, 6.45) is 0.533. The first kappa shape index (κ1) is 12.8. The van der Waals surface area contributed by atoms with Gasteiger partial charge in [-0.15, -0.1) is 0 Å². The molecule has 0 fully saturated rings. The largest absolute Gasteiger partial charge is 0.493 e. The summed E-state index contributed by atoms with van der Waals surface area (Å²) in [5, 5.41) is 20.2. The quantitative estimate of drug-likeness (QED) is 0.251. The van der Waals surface area contributed by atoms with Gasteiger partial charge in [0, 0.05) is 17.5 Å². The lowest BCUT2D eigenvalue weighted by atomic mass is 10.2. The van der Waals surface area contributed by atoms with Gasteiger partial charge < -0.3 is 20.8 Å². The van der Waals surface area contributed by atoms with Crippen LogP contribution in [-0.2, 0) is 0 Å². The first-order chi connectivity index (χ1) is 7.69. The van der Waals surface area contributed by atoms with Crippen molar-refractivity contribution >= 4 is 21.8 Å². The van der Waals surface area contributed by atoms with E-state index in [0.29, 0.717) is 24.3 Å². The number of oxime groups is 1. The number of nitrogens with zero attached hydrogens (tertiary/aromatic N) is 1. The summed E-state index contributed by atoms with van der Waals surface area (Å²) < 4.78 is 6.21. The molecule has 0 aliphatic heterocycles. The van der Waals surface area contributed by atoms with Crippen molar-refractivity contribution in [2.45, 2.75) is 6.42 Å². The Labute approximate surface area is 102 Å². The van der Waals surface area contributed by atoms with E-state index in [4.69, 9.17) is 20.8 Å². The van der Waals surface area contributed by atoms with Gasteiger partial charge in [-0.3, -0.25) is 0 Å². The van der Waals surface area contributed by atoms with E-state index in [1.54, 1.807) is 18.2 Å². The summed E-state index contributed by atoms with van der Waals surface area (Å²) in [5.74, 6) is 0.507. The third-order valence-electron chi connectivity index (χ3n) is 1.89. The molecule has 0 atom stereocenters. The molecule has 0 saturated heterocycles. The Hall–Kier alpha value is -1.27. The lowest BCUT2D eigenvalue weighted by Crippen LogP contribution is -2.15. The van der Waals surface area contributed by atoms with Crippen LogP contribution >= 0.6 is 15.9 Å². The highest BCUT2D eigenvalue weighted by Crippen LogP contribution is 2.23. The molecule has 0 heterocycles. The maximum atomic E-state index is 8.64. The van der Waals surface area contributed by atoms with Crippen molar-refractivity contribution in [2.75, 3.05) is 13.2 Å². The highest BCUT2D eigenvalue weighted by Gasteiger charge is 2.08. The second-order valence-electron chi connectivity index (χ2n) is 3.05. The van der Waals surface area contributed by atoms with E-state index in [9.17, 15) is 0 Å². The zero-order valence-corrected chi connectivity index (χ0v) is 10.1. The Bertz CT molecular complexity index is 382.